The number of hydrogen-bond acceptors (Lipinski definition) is 4. The summed E-state index contributed by atoms with van der Waals surface area (Å²) in [6, 6.07) is 7.43. The maximum absolute atomic E-state index is 12.5. The Bertz CT molecular complexity index is 546. The van der Waals surface area contributed by atoms with Gasteiger partial charge >= 0.3 is 5.97 Å². The van der Waals surface area contributed by atoms with Crippen LogP contribution in [0.5, 0.6) is 5.75 Å². The van der Waals surface area contributed by atoms with Crippen molar-refractivity contribution in [2.24, 2.45) is 0 Å². The molecule has 1 aromatic rings. The normalized spacial score (nSPS) is 14.6. The molecule has 0 aromatic heterocycles. The van der Waals surface area contributed by atoms with Crippen LogP contribution >= 0.6 is 0 Å². The molecule has 2 N–H and O–H groups in total. The van der Waals surface area contributed by atoms with Gasteiger partial charge in [-0.2, -0.15) is 0 Å². The van der Waals surface area contributed by atoms with Crippen molar-refractivity contribution >= 4 is 11.9 Å². The van der Waals surface area contributed by atoms with Gasteiger partial charge in [0.2, 0.25) is 0 Å². The lowest BCUT2D eigenvalue weighted by molar-refractivity contribution is -0.140. The lowest BCUT2D eigenvalue weighted by Crippen LogP contribution is -2.54. The summed E-state index contributed by atoms with van der Waals surface area (Å²) in [5.41, 5.74) is 0.0500. The second-order valence-electron chi connectivity index (χ2n) is 5.88. The molecule has 0 bridgehead atoms. The molecule has 1 rings (SSSR count). The molecular formula is C17H25NO5. The summed E-state index contributed by atoms with van der Waals surface area (Å²) < 4.78 is 10.8. The molecule has 0 aliphatic carbocycles. The molecule has 6 heteroatoms. The zero-order valence-electron chi connectivity index (χ0n) is 14.1. The predicted molar refractivity (Wildman–Crippen MR) is 86.6 cm³/mol. The zero-order chi connectivity index (χ0) is 17.5. The first-order valence-electron chi connectivity index (χ1n) is 7.55. The lowest BCUT2D eigenvalue weighted by atomic mass is 9.98. The summed E-state index contributed by atoms with van der Waals surface area (Å²) in [5, 5.41) is 11.8. The number of aliphatic carboxylic acids is 1. The minimum atomic E-state index is -1.00. The fourth-order valence-electron chi connectivity index (χ4n) is 2.34. The van der Waals surface area contributed by atoms with Gasteiger partial charge in [-0.15, -0.1) is 0 Å². The third-order valence-corrected chi connectivity index (χ3v) is 3.36. The summed E-state index contributed by atoms with van der Waals surface area (Å²) in [4.78, 5) is 23.5. The van der Waals surface area contributed by atoms with Gasteiger partial charge in [0.25, 0.3) is 5.91 Å². The van der Waals surface area contributed by atoms with Crippen LogP contribution in [0.3, 0.4) is 0 Å². The fraction of sp³-hybridized carbons (Fsp3) is 0.529. The van der Waals surface area contributed by atoms with Gasteiger partial charge in [0.15, 0.2) is 6.10 Å². The Labute approximate surface area is 136 Å². The standard InChI is InChI=1S/C17H25NO5/c1-5-14(23-13-8-6-7-12(2)9-13)16(21)18-17(3,11-22-4)10-15(19)20/h6-9,14H,5,10-11H2,1-4H3,(H,18,21)(H,19,20). The van der Waals surface area contributed by atoms with Crippen LogP contribution in [-0.4, -0.2) is 42.3 Å². The first-order chi connectivity index (χ1) is 10.8. The number of amides is 1. The lowest BCUT2D eigenvalue weighted by Gasteiger charge is -2.30. The average Bonchev–Trinajstić information content (AvgIpc) is 2.43. The fourth-order valence-corrected chi connectivity index (χ4v) is 2.34. The van der Waals surface area contributed by atoms with Gasteiger partial charge in [-0.3, -0.25) is 9.59 Å². The van der Waals surface area contributed by atoms with E-state index in [1.807, 2.05) is 32.0 Å². The van der Waals surface area contributed by atoms with Crippen LogP contribution in [0.1, 0.15) is 32.3 Å². The topological polar surface area (TPSA) is 84.9 Å². The van der Waals surface area contributed by atoms with Crippen LogP contribution in [-0.2, 0) is 14.3 Å². The summed E-state index contributed by atoms with van der Waals surface area (Å²) in [6.07, 6.45) is -0.453. The van der Waals surface area contributed by atoms with E-state index in [1.54, 1.807) is 13.0 Å². The maximum atomic E-state index is 12.5. The molecule has 0 aliphatic heterocycles. The van der Waals surface area contributed by atoms with Gasteiger partial charge in [0, 0.05) is 7.11 Å². The molecule has 0 radical (unpaired) electrons. The molecule has 0 heterocycles. The summed E-state index contributed by atoms with van der Waals surface area (Å²) >= 11 is 0. The van der Waals surface area contributed by atoms with Crippen molar-refractivity contribution in [1.82, 2.24) is 5.32 Å². The molecule has 0 spiro atoms. The SMILES string of the molecule is CCC(Oc1cccc(C)c1)C(=O)NC(C)(COC)CC(=O)O. The highest BCUT2D eigenvalue weighted by Crippen LogP contribution is 2.17. The van der Waals surface area contributed by atoms with Crippen molar-refractivity contribution in [2.75, 3.05) is 13.7 Å². The van der Waals surface area contributed by atoms with Crippen molar-refractivity contribution in [1.29, 1.82) is 0 Å². The van der Waals surface area contributed by atoms with E-state index in [-0.39, 0.29) is 18.9 Å². The van der Waals surface area contributed by atoms with Crippen LogP contribution in [0, 0.1) is 6.92 Å². The molecule has 6 nitrogen and oxygen atoms in total. The molecule has 0 saturated heterocycles. The molecule has 0 saturated carbocycles. The third-order valence-electron chi connectivity index (χ3n) is 3.36. The molecule has 1 amide bonds. The number of aryl methyl sites for hydroxylation is 1. The first kappa shape index (κ1) is 19.0. The van der Waals surface area contributed by atoms with Crippen molar-refractivity contribution in [3.8, 4) is 5.75 Å². The second-order valence-corrected chi connectivity index (χ2v) is 5.88. The van der Waals surface area contributed by atoms with Crippen LogP contribution in [0.4, 0.5) is 0 Å². The van der Waals surface area contributed by atoms with Gasteiger partial charge in [-0.1, -0.05) is 19.1 Å². The summed E-state index contributed by atoms with van der Waals surface area (Å²) in [7, 11) is 1.47. The number of nitrogens with one attached hydrogen (secondary N) is 1. The van der Waals surface area contributed by atoms with E-state index in [4.69, 9.17) is 14.6 Å². The number of carbonyl (C=O) groups excluding carboxylic acids is 1. The van der Waals surface area contributed by atoms with E-state index in [1.165, 1.54) is 7.11 Å². The first-order valence-corrected chi connectivity index (χ1v) is 7.55. The van der Waals surface area contributed by atoms with Crippen LogP contribution in [0.2, 0.25) is 0 Å². The minimum absolute atomic E-state index is 0.103. The molecule has 1 aromatic carbocycles. The number of carboxylic acids is 1. The smallest absolute Gasteiger partial charge is 0.305 e. The van der Waals surface area contributed by atoms with E-state index in [0.29, 0.717) is 12.2 Å². The Morgan fingerprint density at radius 3 is 2.61 bits per heavy atom. The van der Waals surface area contributed by atoms with Crippen molar-refractivity contribution in [3.05, 3.63) is 29.8 Å². The predicted octanol–water partition coefficient (Wildman–Crippen LogP) is 2.15. The van der Waals surface area contributed by atoms with E-state index in [0.717, 1.165) is 5.56 Å². The number of hydrogen-bond donors (Lipinski definition) is 2. The Balaban J connectivity index is 2.80. The van der Waals surface area contributed by atoms with Gasteiger partial charge in [-0.25, -0.2) is 0 Å². The number of benzene rings is 1. The summed E-state index contributed by atoms with van der Waals surface area (Å²) in [5.74, 6) is -0.744. The molecule has 23 heavy (non-hydrogen) atoms. The highest BCUT2D eigenvalue weighted by molar-refractivity contribution is 5.82. The maximum Gasteiger partial charge on any atom is 0.305 e. The van der Waals surface area contributed by atoms with Crippen molar-refractivity contribution in [3.63, 3.8) is 0 Å². The number of carbonyl (C=O) groups is 2. The number of carboxylic acid groups (broad SMARTS) is 1. The third kappa shape index (κ3) is 6.28. The highest BCUT2D eigenvalue weighted by Gasteiger charge is 2.32. The molecule has 2 unspecified atom stereocenters. The van der Waals surface area contributed by atoms with E-state index in [9.17, 15) is 9.59 Å². The monoisotopic (exact) mass is 323 g/mol. The van der Waals surface area contributed by atoms with E-state index < -0.39 is 17.6 Å². The quantitative estimate of drug-likeness (QED) is 0.727. The van der Waals surface area contributed by atoms with Gasteiger partial charge in [0.05, 0.1) is 18.6 Å². The number of ether oxygens (including phenoxy) is 2. The van der Waals surface area contributed by atoms with E-state index in [2.05, 4.69) is 5.32 Å². The number of rotatable bonds is 9. The Hall–Kier alpha value is -2.08. The van der Waals surface area contributed by atoms with Gasteiger partial charge in [0.1, 0.15) is 5.75 Å². The van der Waals surface area contributed by atoms with Gasteiger partial charge < -0.3 is 19.9 Å². The Morgan fingerprint density at radius 2 is 2.09 bits per heavy atom. The van der Waals surface area contributed by atoms with Crippen molar-refractivity contribution < 1.29 is 24.2 Å². The largest absolute Gasteiger partial charge is 0.481 e. The Morgan fingerprint density at radius 1 is 1.39 bits per heavy atom. The van der Waals surface area contributed by atoms with E-state index >= 15 is 0 Å². The average molecular weight is 323 g/mol. The summed E-state index contributed by atoms with van der Waals surface area (Å²) in [6.45, 7) is 5.52. The minimum Gasteiger partial charge on any atom is -0.481 e. The van der Waals surface area contributed by atoms with Gasteiger partial charge in [-0.05, 0) is 38.0 Å². The molecular weight excluding hydrogens is 298 g/mol. The van der Waals surface area contributed by atoms with Crippen LogP contribution < -0.4 is 10.1 Å². The molecule has 0 fully saturated rings. The molecule has 128 valence electrons. The van der Waals surface area contributed by atoms with Crippen LogP contribution in [0.25, 0.3) is 0 Å². The number of methoxy groups -OCH3 is 1. The zero-order valence-corrected chi connectivity index (χ0v) is 14.1. The molecule has 2 atom stereocenters. The highest BCUT2D eigenvalue weighted by atomic mass is 16.5. The van der Waals surface area contributed by atoms with Crippen molar-refractivity contribution in [2.45, 2.75) is 45.3 Å². The van der Waals surface area contributed by atoms with Crippen LogP contribution in [0.15, 0.2) is 24.3 Å². The second kappa shape index (κ2) is 8.53. The molecule has 0 aliphatic rings. The Kier molecular flexibility index (Phi) is 7.03.